The first kappa shape index (κ1) is 44.5. The van der Waals surface area contributed by atoms with E-state index in [1.807, 2.05) is 18.2 Å². The van der Waals surface area contributed by atoms with Crippen molar-refractivity contribution < 1.29 is 19.2 Å². The number of halogens is 2. The number of nitrogens with zero attached hydrogens (tertiary/aromatic N) is 3. The molecule has 0 spiro atoms. The molecule has 0 atom stereocenters. The highest BCUT2D eigenvalue weighted by Crippen LogP contribution is 2.20. The number of Topliss-reactive ketones (excluding diaryl/α,β-unsaturated/α-hetero) is 2. The monoisotopic (exact) mass is 866 g/mol. The zero-order chi connectivity index (χ0) is 44.0. The molecule has 4 aromatic carbocycles. The molecule has 12 nitrogen and oxygen atoms in total. The summed E-state index contributed by atoms with van der Waals surface area (Å²) < 4.78 is 0. The molecular weight excluding hydrogens is 823 g/mol. The maximum Gasteiger partial charge on any atom is 0.257 e. The lowest BCUT2D eigenvalue weighted by Crippen LogP contribution is -2.31. The predicted octanol–water partition coefficient (Wildman–Crippen LogP) is 9.31. The van der Waals surface area contributed by atoms with E-state index in [0.717, 1.165) is 31.5 Å². The average Bonchev–Trinajstić information content (AvgIpc) is 3.58. The Morgan fingerprint density at radius 1 is 0.548 bits per heavy atom. The van der Waals surface area contributed by atoms with Crippen molar-refractivity contribution >= 4 is 69.9 Å². The fraction of sp³-hybridized carbons (Fsp3) is 0.167. The van der Waals surface area contributed by atoms with Crippen LogP contribution in [0.3, 0.4) is 0 Å². The number of anilines is 2. The summed E-state index contributed by atoms with van der Waals surface area (Å²) >= 11 is 11.7. The molecule has 0 radical (unpaired) electrons. The van der Waals surface area contributed by atoms with Gasteiger partial charge in [0.2, 0.25) is 0 Å². The number of carbonyl (C=O) groups is 4. The van der Waals surface area contributed by atoms with E-state index >= 15 is 0 Å². The van der Waals surface area contributed by atoms with Gasteiger partial charge in [-0.3, -0.25) is 30.0 Å². The molecule has 2 amide bonds. The van der Waals surface area contributed by atoms with Gasteiger partial charge in [-0.2, -0.15) is 0 Å². The number of carbonyl (C=O) groups excluding carboxylic acids is 4. The molecule has 14 heteroatoms. The van der Waals surface area contributed by atoms with Gasteiger partial charge in [0, 0.05) is 71.7 Å². The van der Waals surface area contributed by atoms with Crippen molar-refractivity contribution in [1.82, 2.24) is 14.9 Å². The third-order valence-corrected chi connectivity index (χ3v) is 10.5. The Bertz CT molecular complexity index is 2560. The van der Waals surface area contributed by atoms with E-state index in [2.05, 4.69) is 25.5 Å². The first-order valence-electron chi connectivity index (χ1n) is 19.9. The number of likely N-dealkylation sites (tertiary alicyclic amines) is 1. The van der Waals surface area contributed by atoms with Gasteiger partial charge in [0.05, 0.1) is 10.0 Å². The molecule has 314 valence electrons. The number of hydrogen-bond donors (Lipinski definition) is 5. The Morgan fingerprint density at radius 2 is 0.952 bits per heavy atom. The van der Waals surface area contributed by atoms with Crippen molar-refractivity contribution in [3.8, 4) is 0 Å². The Kier molecular flexibility index (Phi) is 15.4. The Hall–Kier alpha value is -7.02. The normalized spacial score (nSPS) is 12.2. The number of ketones is 2. The fourth-order valence-electron chi connectivity index (χ4n) is 6.74. The highest BCUT2D eigenvalue weighted by molar-refractivity contribution is 6.30. The predicted molar refractivity (Wildman–Crippen MR) is 244 cm³/mol. The molecule has 6 N–H and O–H groups in total. The summed E-state index contributed by atoms with van der Waals surface area (Å²) in [4.78, 5) is 61.3. The topological polar surface area (TPSA) is 195 Å². The van der Waals surface area contributed by atoms with E-state index in [-0.39, 0.29) is 42.1 Å². The van der Waals surface area contributed by atoms with Gasteiger partial charge in [0.15, 0.2) is 11.6 Å². The van der Waals surface area contributed by atoms with E-state index in [4.69, 9.17) is 39.8 Å². The molecule has 0 saturated carbocycles. The van der Waals surface area contributed by atoms with Crippen LogP contribution >= 0.6 is 23.2 Å². The van der Waals surface area contributed by atoms with Crippen LogP contribution in [0.4, 0.5) is 11.6 Å². The molecule has 7 rings (SSSR count). The third-order valence-electron chi connectivity index (χ3n) is 10.1. The summed E-state index contributed by atoms with van der Waals surface area (Å²) in [5.41, 5.74) is 9.90. The van der Waals surface area contributed by atoms with Crippen molar-refractivity contribution in [2.75, 3.05) is 23.7 Å². The van der Waals surface area contributed by atoms with Gasteiger partial charge in [-0.25, -0.2) is 9.97 Å². The summed E-state index contributed by atoms with van der Waals surface area (Å²) in [6, 6.07) is 34.2. The molecule has 0 unspecified atom stereocenters. The Balaban J connectivity index is 0.000000211. The van der Waals surface area contributed by atoms with Crippen molar-refractivity contribution in [1.29, 1.82) is 10.8 Å². The summed E-state index contributed by atoms with van der Waals surface area (Å²) in [5.74, 6) is 0.297. The number of nitrogens with two attached hydrogens (primary N) is 1. The van der Waals surface area contributed by atoms with Crippen LogP contribution in [0.1, 0.15) is 89.4 Å². The van der Waals surface area contributed by atoms with Crippen molar-refractivity contribution in [3.63, 3.8) is 0 Å². The molecule has 2 aromatic heterocycles. The number of amidine groups is 2. The second kappa shape index (κ2) is 21.5. The second-order valence-electron chi connectivity index (χ2n) is 14.5. The van der Waals surface area contributed by atoms with Crippen LogP contribution in [-0.4, -0.2) is 63.0 Å². The van der Waals surface area contributed by atoms with Crippen LogP contribution in [0.15, 0.2) is 134 Å². The zero-order valence-electron chi connectivity index (χ0n) is 33.7. The SMILES string of the molecule is N=C(N)c1ccc(C(=O)Cc2ccccc2C(=O)Nc2ccc(Cl)cn2)cc1.N=C(c1ccc(C(=O)Cc2ccccc2C(=O)Nc2ccc(Cl)cn2)cc1)N1CCCCCC1. The standard InChI is InChI=1S/C27H27ClN4O2.C21H17ClN4O2/c28-22-13-14-25(30-18-22)31-27(34)23-8-4-3-7-21(23)17-24(33)19-9-11-20(12-10-19)26(29)32-15-5-1-2-6-16-32;22-16-9-10-19(25-12-16)26-21(28)17-4-2-1-3-15(17)11-18(27)13-5-7-14(8-6-13)20(23)24/h3-4,7-14,18,29H,1-2,5-6,15-17H2,(H,30,31,34);1-10,12H,11H2,(H3,23,24)(H,25,26,28). The quantitative estimate of drug-likeness (QED) is 0.0456. The lowest BCUT2D eigenvalue weighted by atomic mass is 9.97. The number of nitrogen functional groups attached to an aromatic ring is 1. The summed E-state index contributed by atoms with van der Waals surface area (Å²) in [5, 5.41) is 22.4. The van der Waals surface area contributed by atoms with Gasteiger partial charge >= 0.3 is 0 Å². The molecule has 1 aliphatic heterocycles. The van der Waals surface area contributed by atoms with Gasteiger partial charge in [-0.05, 0) is 60.4 Å². The van der Waals surface area contributed by atoms with Gasteiger partial charge in [0.25, 0.3) is 11.8 Å². The van der Waals surface area contributed by atoms with Crippen molar-refractivity contribution in [2.45, 2.75) is 38.5 Å². The summed E-state index contributed by atoms with van der Waals surface area (Å²) in [7, 11) is 0. The van der Waals surface area contributed by atoms with E-state index in [1.54, 1.807) is 103 Å². The zero-order valence-corrected chi connectivity index (χ0v) is 35.2. The number of pyridine rings is 2. The second-order valence-corrected chi connectivity index (χ2v) is 15.3. The van der Waals surface area contributed by atoms with Crippen LogP contribution in [0.2, 0.25) is 10.0 Å². The number of amides is 2. The molecule has 0 aliphatic carbocycles. The van der Waals surface area contributed by atoms with Gasteiger partial charge in [0.1, 0.15) is 23.3 Å². The lowest BCUT2D eigenvalue weighted by molar-refractivity contribution is 0.0980. The smallest absolute Gasteiger partial charge is 0.257 e. The Morgan fingerprint density at radius 3 is 1.35 bits per heavy atom. The molecular formula is C48H44Cl2N8O4. The first-order valence-corrected chi connectivity index (χ1v) is 20.7. The van der Waals surface area contributed by atoms with E-state index < -0.39 is 0 Å². The molecule has 6 aromatic rings. The largest absolute Gasteiger partial charge is 0.384 e. The highest BCUT2D eigenvalue weighted by Gasteiger charge is 2.19. The Labute approximate surface area is 369 Å². The maximum atomic E-state index is 13.0. The summed E-state index contributed by atoms with van der Waals surface area (Å²) in [6.45, 7) is 1.81. The third kappa shape index (κ3) is 12.3. The highest BCUT2D eigenvalue weighted by atomic mass is 35.5. The minimum absolute atomic E-state index is 0.0585. The summed E-state index contributed by atoms with van der Waals surface area (Å²) in [6.07, 6.45) is 7.72. The lowest BCUT2D eigenvalue weighted by Gasteiger charge is -2.23. The number of benzene rings is 4. The van der Waals surface area contributed by atoms with Crippen LogP contribution in [0.25, 0.3) is 0 Å². The van der Waals surface area contributed by atoms with Crippen molar-refractivity contribution in [3.05, 3.63) is 188 Å². The minimum atomic E-state index is -0.356. The van der Waals surface area contributed by atoms with E-state index in [9.17, 15) is 19.2 Å². The minimum Gasteiger partial charge on any atom is -0.384 e. The average molecular weight is 868 g/mol. The molecule has 62 heavy (non-hydrogen) atoms. The van der Waals surface area contributed by atoms with Crippen LogP contribution < -0.4 is 16.4 Å². The van der Waals surface area contributed by atoms with Crippen LogP contribution in [0.5, 0.6) is 0 Å². The maximum absolute atomic E-state index is 13.0. The van der Waals surface area contributed by atoms with E-state index in [0.29, 0.717) is 66.5 Å². The molecule has 3 heterocycles. The van der Waals surface area contributed by atoms with Crippen LogP contribution in [-0.2, 0) is 12.8 Å². The van der Waals surface area contributed by atoms with Crippen LogP contribution in [0, 0.1) is 10.8 Å². The van der Waals surface area contributed by atoms with E-state index in [1.165, 1.54) is 25.2 Å². The number of rotatable bonds is 12. The van der Waals surface area contributed by atoms with Gasteiger partial charge in [-0.15, -0.1) is 0 Å². The van der Waals surface area contributed by atoms with Crippen molar-refractivity contribution in [2.24, 2.45) is 5.73 Å². The molecule has 1 aliphatic rings. The number of hydrogen-bond acceptors (Lipinski definition) is 8. The first-order chi connectivity index (χ1) is 29.9. The fourth-order valence-corrected chi connectivity index (χ4v) is 6.96. The molecule has 1 saturated heterocycles. The molecule has 1 fully saturated rings. The van der Waals surface area contributed by atoms with Gasteiger partial charge in [-0.1, -0.05) is 121 Å². The van der Waals surface area contributed by atoms with Gasteiger partial charge < -0.3 is 21.3 Å². The number of aromatic nitrogens is 2. The number of nitrogens with one attached hydrogen (secondary N) is 4. The molecule has 0 bridgehead atoms.